The van der Waals surface area contributed by atoms with Gasteiger partial charge in [0, 0.05) is 43.8 Å². The van der Waals surface area contributed by atoms with Crippen LogP contribution < -0.4 is 5.32 Å². The normalized spacial score (nSPS) is 15.5. The van der Waals surface area contributed by atoms with Crippen LogP contribution in [0.15, 0.2) is 36.7 Å². The Hall–Kier alpha value is -2.73. The van der Waals surface area contributed by atoms with Crippen LogP contribution in [-0.2, 0) is 11.8 Å². The predicted octanol–water partition coefficient (Wildman–Crippen LogP) is 3.86. The number of anilines is 1. The first-order chi connectivity index (χ1) is 13.7. The monoisotopic (exact) mass is 391 g/mol. The minimum absolute atomic E-state index is 0.0404. The van der Waals surface area contributed by atoms with Gasteiger partial charge in [0.05, 0.1) is 17.8 Å². The van der Waals surface area contributed by atoms with Crippen molar-refractivity contribution in [2.75, 3.05) is 25.0 Å². The molecule has 29 heavy (non-hydrogen) atoms. The quantitative estimate of drug-likeness (QED) is 0.734. The third-order valence-electron chi connectivity index (χ3n) is 5.52. The van der Waals surface area contributed by atoms with E-state index in [1.54, 1.807) is 0 Å². The van der Waals surface area contributed by atoms with Gasteiger partial charge in [-0.25, -0.2) is 9.97 Å². The molecule has 1 aliphatic heterocycles. The van der Waals surface area contributed by atoms with Crippen molar-refractivity contribution >= 4 is 22.5 Å². The van der Waals surface area contributed by atoms with E-state index in [9.17, 15) is 4.79 Å². The molecule has 6 heteroatoms. The molecule has 3 heterocycles. The van der Waals surface area contributed by atoms with E-state index in [0.717, 1.165) is 47.5 Å². The number of fused-ring (bicyclic) bond motifs is 1. The maximum Gasteiger partial charge on any atom is 0.231 e. The number of benzene rings is 1. The maximum atomic E-state index is 12.6. The van der Waals surface area contributed by atoms with E-state index in [2.05, 4.69) is 63.7 Å². The number of likely N-dealkylation sites (tertiary alicyclic amines) is 1. The fourth-order valence-electron chi connectivity index (χ4n) is 3.90. The molecule has 1 N–H and O–H groups in total. The molecule has 152 valence electrons. The van der Waals surface area contributed by atoms with Gasteiger partial charge in [-0.1, -0.05) is 32.9 Å². The van der Waals surface area contributed by atoms with E-state index in [0.29, 0.717) is 5.82 Å². The third-order valence-corrected chi connectivity index (χ3v) is 5.52. The van der Waals surface area contributed by atoms with E-state index in [1.807, 2.05) is 32.4 Å². The molecule has 3 aromatic rings. The molecule has 1 saturated heterocycles. The lowest BCUT2D eigenvalue weighted by Crippen LogP contribution is -2.54. The lowest BCUT2D eigenvalue weighted by Gasteiger charge is -2.41. The maximum absolute atomic E-state index is 12.6. The number of rotatable bonds is 4. The van der Waals surface area contributed by atoms with Crippen LogP contribution in [0.3, 0.4) is 0 Å². The summed E-state index contributed by atoms with van der Waals surface area (Å²) in [4.78, 5) is 23.7. The van der Waals surface area contributed by atoms with E-state index < -0.39 is 0 Å². The van der Waals surface area contributed by atoms with Crippen LogP contribution in [0.5, 0.6) is 0 Å². The largest absolute Gasteiger partial charge is 0.331 e. The molecule has 1 aromatic carbocycles. The average Bonchev–Trinajstić information content (AvgIpc) is 2.95. The Bertz CT molecular complexity index is 1060. The van der Waals surface area contributed by atoms with Crippen molar-refractivity contribution < 1.29 is 4.79 Å². The molecule has 4 rings (SSSR count). The standard InChI is InChI=1S/C23H29N5O/c1-15-24-11-20(27(15)5)16-6-7-17-10-25-21(9-18(17)8-16)26-22(29)19-12-28(13-19)14-23(2,3)4/h6-11,19H,12-14H2,1-5H3,(H,25,26,29). The van der Waals surface area contributed by atoms with Gasteiger partial charge in [-0.15, -0.1) is 0 Å². The number of carbonyl (C=O) groups excluding carboxylic acids is 1. The zero-order valence-electron chi connectivity index (χ0n) is 17.9. The van der Waals surface area contributed by atoms with Gasteiger partial charge < -0.3 is 14.8 Å². The van der Waals surface area contributed by atoms with Gasteiger partial charge >= 0.3 is 0 Å². The highest BCUT2D eigenvalue weighted by Crippen LogP contribution is 2.27. The van der Waals surface area contributed by atoms with Gasteiger partial charge in [0.15, 0.2) is 0 Å². The summed E-state index contributed by atoms with van der Waals surface area (Å²) in [5.41, 5.74) is 2.42. The Balaban J connectivity index is 1.47. The fraction of sp³-hybridized carbons (Fsp3) is 0.435. The summed E-state index contributed by atoms with van der Waals surface area (Å²) in [7, 11) is 2.02. The van der Waals surface area contributed by atoms with Crippen LogP contribution in [0.4, 0.5) is 5.82 Å². The number of aromatic nitrogens is 3. The van der Waals surface area contributed by atoms with Crippen LogP contribution in [0.1, 0.15) is 26.6 Å². The second-order valence-electron chi connectivity index (χ2n) is 9.32. The van der Waals surface area contributed by atoms with Crippen molar-refractivity contribution in [3.63, 3.8) is 0 Å². The Labute approximate surface area is 172 Å². The van der Waals surface area contributed by atoms with E-state index in [4.69, 9.17) is 0 Å². The molecular weight excluding hydrogens is 362 g/mol. The predicted molar refractivity (Wildman–Crippen MR) is 117 cm³/mol. The molecule has 0 radical (unpaired) electrons. The van der Waals surface area contributed by atoms with Crippen LogP contribution >= 0.6 is 0 Å². The molecule has 1 fully saturated rings. The SMILES string of the molecule is Cc1ncc(-c2ccc3cnc(NC(=O)C4CN(CC(C)(C)C)C4)cc3c2)n1C. The zero-order chi connectivity index (χ0) is 20.8. The number of aryl methyl sites for hydroxylation is 1. The topological polar surface area (TPSA) is 63.1 Å². The first-order valence-electron chi connectivity index (χ1n) is 10.1. The Morgan fingerprint density at radius 3 is 2.55 bits per heavy atom. The number of amides is 1. The van der Waals surface area contributed by atoms with Gasteiger partial charge in [0.1, 0.15) is 11.6 Å². The lowest BCUT2D eigenvalue weighted by atomic mass is 9.91. The molecule has 1 aliphatic rings. The van der Waals surface area contributed by atoms with Crippen LogP contribution in [0.2, 0.25) is 0 Å². The van der Waals surface area contributed by atoms with Gasteiger partial charge in [0.2, 0.25) is 5.91 Å². The van der Waals surface area contributed by atoms with Crippen molar-refractivity contribution in [1.29, 1.82) is 0 Å². The summed E-state index contributed by atoms with van der Waals surface area (Å²) in [5, 5.41) is 5.10. The number of imidazole rings is 1. The zero-order valence-corrected chi connectivity index (χ0v) is 17.9. The summed E-state index contributed by atoms with van der Waals surface area (Å²) in [6, 6.07) is 8.21. The van der Waals surface area contributed by atoms with Crippen molar-refractivity contribution in [2.24, 2.45) is 18.4 Å². The second kappa shape index (κ2) is 7.26. The number of carbonyl (C=O) groups is 1. The van der Waals surface area contributed by atoms with Gasteiger partial charge in [0.25, 0.3) is 0 Å². The highest BCUT2D eigenvalue weighted by Gasteiger charge is 2.34. The summed E-state index contributed by atoms with van der Waals surface area (Å²) < 4.78 is 2.07. The average molecular weight is 392 g/mol. The number of nitrogens with one attached hydrogen (secondary N) is 1. The van der Waals surface area contributed by atoms with Crippen LogP contribution in [-0.4, -0.2) is 45.0 Å². The molecule has 1 amide bonds. The highest BCUT2D eigenvalue weighted by molar-refractivity contribution is 5.95. The molecule has 0 unspecified atom stereocenters. The van der Waals surface area contributed by atoms with Crippen LogP contribution in [0.25, 0.3) is 22.0 Å². The first-order valence-corrected chi connectivity index (χ1v) is 10.1. The summed E-state index contributed by atoms with van der Waals surface area (Å²) in [6.07, 6.45) is 3.70. The van der Waals surface area contributed by atoms with Gasteiger partial charge in [-0.2, -0.15) is 0 Å². The van der Waals surface area contributed by atoms with E-state index >= 15 is 0 Å². The molecule has 6 nitrogen and oxygen atoms in total. The summed E-state index contributed by atoms with van der Waals surface area (Å²) in [5.74, 6) is 1.68. The second-order valence-corrected chi connectivity index (χ2v) is 9.32. The van der Waals surface area contributed by atoms with E-state index in [1.165, 1.54) is 0 Å². The summed E-state index contributed by atoms with van der Waals surface area (Å²) in [6.45, 7) is 11.3. The Morgan fingerprint density at radius 1 is 1.14 bits per heavy atom. The van der Waals surface area contributed by atoms with Crippen molar-refractivity contribution in [2.45, 2.75) is 27.7 Å². The van der Waals surface area contributed by atoms with Crippen LogP contribution in [0, 0.1) is 18.3 Å². The summed E-state index contributed by atoms with van der Waals surface area (Å²) >= 11 is 0. The number of nitrogens with zero attached hydrogens (tertiary/aromatic N) is 4. The van der Waals surface area contributed by atoms with Crippen molar-refractivity contribution in [3.05, 3.63) is 42.5 Å². The Morgan fingerprint density at radius 2 is 1.90 bits per heavy atom. The highest BCUT2D eigenvalue weighted by atomic mass is 16.2. The van der Waals surface area contributed by atoms with Gasteiger partial charge in [-0.3, -0.25) is 4.79 Å². The van der Waals surface area contributed by atoms with Gasteiger partial charge in [-0.05, 0) is 29.9 Å². The van der Waals surface area contributed by atoms with Crippen molar-refractivity contribution in [1.82, 2.24) is 19.4 Å². The Kier molecular flexibility index (Phi) is 4.90. The number of hydrogen-bond acceptors (Lipinski definition) is 4. The smallest absolute Gasteiger partial charge is 0.231 e. The molecule has 0 spiro atoms. The minimum Gasteiger partial charge on any atom is -0.331 e. The van der Waals surface area contributed by atoms with E-state index in [-0.39, 0.29) is 17.2 Å². The molecule has 0 bridgehead atoms. The molecule has 2 aromatic heterocycles. The molecule has 0 atom stereocenters. The number of hydrogen-bond donors (Lipinski definition) is 1. The number of pyridine rings is 1. The fourth-order valence-corrected chi connectivity index (χ4v) is 3.90. The third kappa shape index (κ3) is 4.17. The molecule has 0 aliphatic carbocycles. The van der Waals surface area contributed by atoms with Crippen molar-refractivity contribution in [3.8, 4) is 11.3 Å². The molecule has 0 saturated carbocycles. The lowest BCUT2D eigenvalue weighted by molar-refractivity contribution is -0.125. The minimum atomic E-state index is 0.0404. The first kappa shape index (κ1) is 19.6. The molecular formula is C23H29N5O.